The quantitative estimate of drug-likeness (QED) is 0.593. The second-order valence-electron chi connectivity index (χ2n) is 5.76. The number of nitrogens with one attached hydrogen (secondary N) is 1. The van der Waals surface area contributed by atoms with Crippen LogP contribution in [0, 0.1) is 0 Å². The van der Waals surface area contributed by atoms with Crippen molar-refractivity contribution in [1.82, 2.24) is 0 Å². The Morgan fingerprint density at radius 2 is 1.64 bits per heavy atom. The summed E-state index contributed by atoms with van der Waals surface area (Å²) >= 11 is 7.73. The number of ether oxygens (including phenoxy) is 1. The number of para-hydroxylation sites is 1. The number of benzene rings is 3. The lowest BCUT2D eigenvalue weighted by Crippen LogP contribution is -2.21. The molecular weight excluding hydrogens is 396 g/mol. The molecule has 142 valence electrons. The van der Waals surface area contributed by atoms with E-state index in [1.165, 1.54) is 0 Å². The van der Waals surface area contributed by atoms with E-state index < -0.39 is 5.91 Å². The number of carbonyl (C=O) groups is 2. The minimum atomic E-state index is -0.609. The first-order chi connectivity index (χ1) is 13.5. The Kier molecular flexibility index (Phi) is 6.57. The Labute approximate surface area is 171 Å². The van der Waals surface area contributed by atoms with Crippen LogP contribution in [0.2, 0.25) is 5.02 Å². The van der Waals surface area contributed by atoms with Crippen LogP contribution in [0.25, 0.3) is 0 Å². The van der Waals surface area contributed by atoms with Crippen LogP contribution in [0.15, 0.2) is 82.6 Å². The highest BCUT2D eigenvalue weighted by atomic mass is 35.5. The Balaban J connectivity index is 1.68. The second-order valence-corrected chi connectivity index (χ2v) is 7.28. The van der Waals surface area contributed by atoms with Gasteiger partial charge in [0.25, 0.3) is 11.8 Å². The zero-order valence-electron chi connectivity index (χ0n) is 14.7. The van der Waals surface area contributed by atoms with Crippen LogP contribution in [0.4, 0.5) is 5.69 Å². The standard InChI is InChI=1S/C21H17ClN2O3S/c22-17-6-2-4-8-19(17)28-15-11-9-14(10-12-15)24-21(26)16-5-1-3-7-18(16)27-13-20(23)25/h1-12H,13H2,(H2,23,25)(H,24,26). The van der Waals surface area contributed by atoms with E-state index in [1.54, 1.807) is 36.0 Å². The van der Waals surface area contributed by atoms with Gasteiger partial charge in [0.2, 0.25) is 0 Å². The summed E-state index contributed by atoms with van der Waals surface area (Å²) in [6.07, 6.45) is 0. The smallest absolute Gasteiger partial charge is 0.259 e. The molecule has 3 aromatic carbocycles. The zero-order valence-corrected chi connectivity index (χ0v) is 16.3. The molecule has 0 spiro atoms. The van der Waals surface area contributed by atoms with Gasteiger partial charge in [-0.2, -0.15) is 0 Å². The molecule has 0 saturated heterocycles. The predicted molar refractivity (Wildman–Crippen MR) is 111 cm³/mol. The molecule has 2 amide bonds. The van der Waals surface area contributed by atoms with Gasteiger partial charge < -0.3 is 15.8 Å². The summed E-state index contributed by atoms with van der Waals surface area (Å²) in [6.45, 7) is -0.293. The Hall–Kier alpha value is -2.96. The summed E-state index contributed by atoms with van der Waals surface area (Å²) in [6, 6.07) is 21.7. The summed E-state index contributed by atoms with van der Waals surface area (Å²) in [5, 5.41) is 3.51. The Morgan fingerprint density at radius 3 is 2.36 bits per heavy atom. The number of anilines is 1. The van der Waals surface area contributed by atoms with Gasteiger partial charge in [0.1, 0.15) is 5.75 Å². The fourth-order valence-electron chi connectivity index (χ4n) is 2.39. The summed E-state index contributed by atoms with van der Waals surface area (Å²) < 4.78 is 5.30. The Bertz CT molecular complexity index is 993. The molecule has 0 aliphatic rings. The van der Waals surface area contributed by atoms with Gasteiger partial charge in [-0.05, 0) is 48.5 Å². The molecular formula is C21H17ClN2O3S. The van der Waals surface area contributed by atoms with E-state index in [9.17, 15) is 9.59 Å². The molecule has 0 unspecified atom stereocenters. The molecule has 28 heavy (non-hydrogen) atoms. The first-order valence-corrected chi connectivity index (χ1v) is 9.56. The highest BCUT2D eigenvalue weighted by molar-refractivity contribution is 7.99. The zero-order chi connectivity index (χ0) is 19.9. The number of carbonyl (C=O) groups excluding carboxylic acids is 2. The number of halogens is 1. The fourth-order valence-corrected chi connectivity index (χ4v) is 3.48. The topological polar surface area (TPSA) is 81.4 Å². The molecule has 3 aromatic rings. The van der Waals surface area contributed by atoms with Crippen molar-refractivity contribution in [2.45, 2.75) is 9.79 Å². The second kappa shape index (κ2) is 9.30. The van der Waals surface area contributed by atoms with Crippen molar-refractivity contribution in [2.24, 2.45) is 5.73 Å². The molecule has 0 fully saturated rings. The number of amides is 2. The highest BCUT2D eigenvalue weighted by Crippen LogP contribution is 2.33. The number of primary amides is 1. The lowest BCUT2D eigenvalue weighted by atomic mass is 10.2. The van der Waals surface area contributed by atoms with Crippen molar-refractivity contribution >= 4 is 40.9 Å². The minimum absolute atomic E-state index is 0.293. The van der Waals surface area contributed by atoms with Gasteiger partial charge in [-0.1, -0.05) is 47.6 Å². The van der Waals surface area contributed by atoms with Gasteiger partial charge >= 0.3 is 0 Å². The monoisotopic (exact) mass is 412 g/mol. The van der Waals surface area contributed by atoms with Crippen LogP contribution in [0.1, 0.15) is 10.4 Å². The maximum absolute atomic E-state index is 12.6. The van der Waals surface area contributed by atoms with Crippen LogP contribution in [0.5, 0.6) is 5.75 Å². The van der Waals surface area contributed by atoms with Gasteiger partial charge in [0, 0.05) is 15.5 Å². The largest absolute Gasteiger partial charge is 0.483 e. The number of hydrogen-bond acceptors (Lipinski definition) is 4. The molecule has 0 bridgehead atoms. The van der Waals surface area contributed by atoms with Crippen molar-refractivity contribution in [2.75, 3.05) is 11.9 Å². The molecule has 0 aromatic heterocycles. The average Bonchev–Trinajstić information content (AvgIpc) is 2.70. The van der Waals surface area contributed by atoms with Crippen molar-refractivity contribution < 1.29 is 14.3 Å². The first-order valence-electron chi connectivity index (χ1n) is 8.37. The maximum atomic E-state index is 12.6. The van der Waals surface area contributed by atoms with Gasteiger partial charge in [-0.25, -0.2) is 0 Å². The molecule has 3 rings (SSSR count). The molecule has 7 heteroatoms. The van der Waals surface area contributed by atoms with Crippen LogP contribution in [-0.2, 0) is 4.79 Å². The summed E-state index contributed by atoms with van der Waals surface area (Å²) in [4.78, 5) is 25.4. The van der Waals surface area contributed by atoms with E-state index in [0.717, 1.165) is 9.79 Å². The third kappa shape index (κ3) is 5.28. The highest BCUT2D eigenvalue weighted by Gasteiger charge is 2.13. The molecule has 0 radical (unpaired) electrons. The van der Waals surface area contributed by atoms with Gasteiger partial charge in [-0.3, -0.25) is 9.59 Å². The average molecular weight is 413 g/mol. The fraction of sp³-hybridized carbons (Fsp3) is 0.0476. The first kappa shape index (κ1) is 19.8. The Morgan fingerprint density at radius 1 is 0.964 bits per heavy atom. The van der Waals surface area contributed by atoms with E-state index in [4.69, 9.17) is 22.1 Å². The van der Waals surface area contributed by atoms with Crippen molar-refractivity contribution in [3.05, 3.63) is 83.4 Å². The molecule has 0 saturated carbocycles. The summed E-state index contributed by atoms with van der Waals surface area (Å²) in [5.74, 6) is -0.655. The molecule has 0 aliphatic heterocycles. The summed E-state index contributed by atoms with van der Waals surface area (Å²) in [5.41, 5.74) is 6.05. The minimum Gasteiger partial charge on any atom is -0.483 e. The maximum Gasteiger partial charge on any atom is 0.259 e. The molecule has 3 N–H and O–H groups in total. The molecule has 0 aliphatic carbocycles. The van der Waals surface area contributed by atoms with Crippen LogP contribution in [-0.4, -0.2) is 18.4 Å². The van der Waals surface area contributed by atoms with E-state index in [-0.39, 0.29) is 12.5 Å². The van der Waals surface area contributed by atoms with E-state index in [1.807, 2.05) is 48.5 Å². The van der Waals surface area contributed by atoms with Crippen LogP contribution >= 0.6 is 23.4 Å². The third-order valence-electron chi connectivity index (χ3n) is 3.68. The predicted octanol–water partition coefficient (Wildman–Crippen LogP) is 4.61. The van der Waals surface area contributed by atoms with Gasteiger partial charge in [-0.15, -0.1) is 0 Å². The van der Waals surface area contributed by atoms with Crippen LogP contribution in [0.3, 0.4) is 0 Å². The normalized spacial score (nSPS) is 10.3. The number of rotatable bonds is 7. The van der Waals surface area contributed by atoms with E-state index in [0.29, 0.717) is 22.0 Å². The van der Waals surface area contributed by atoms with E-state index >= 15 is 0 Å². The van der Waals surface area contributed by atoms with Gasteiger partial charge in [0.05, 0.1) is 10.6 Å². The van der Waals surface area contributed by atoms with Crippen LogP contribution < -0.4 is 15.8 Å². The van der Waals surface area contributed by atoms with Crippen molar-refractivity contribution in [3.8, 4) is 5.75 Å². The molecule has 5 nitrogen and oxygen atoms in total. The SMILES string of the molecule is NC(=O)COc1ccccc1C(=O)Nc1ccc(Sc2ccccc2Cl)cc1. The molecule has 0 atom stereocenters. The van der Waals surface area contributed by atoms with E-state index in [2.05, 4.69) is 5.32 Å². The lowest BCUT2D eigenvalue weighted by molar-refractivity contribution is -0.119. The third-order valence-corrected chi connectivity index (χ3v) is 5.20. The van der Waals surface area contributed by atoms with Gasteiger partial charge in [0.15, 0.2) is 6.61 Å². The number of hydrogen-bond donors (Lipinski definition) is 2. The number of nitrogens with two attached hydrogens (primary N) is 1. The van der Waals surface area contributed by atoms with Crippen molar-refractivity contribution in [3.63, 3.8) is 0 Å². The summed E-state index contributed by atoms with van der Waals surface area (Å²) in [7, 11) is 0. The lowest BCUT2D eigenvalue weighted by Gasteiger charge is -2.11. The van der Waals surface area contributed by atoms with Crippen molar-refractivity contribution in [1.29, 1.82) is 0 Å². The molecule has 0 heterocycles.